The van der Waals surface area contributed by atoms with Gasteiger partial charge >= 0.3 is 0 Å². The van der Waals surface area contributed by atoms with Crippen molar-refractivity contribution in [3.63, 3.8) is 0 Å². The number of aliphatic hydroxyl groups excluding tert-OH is 1. The smallest absolute Gasteiger partial charge is 0.129 e. The first-order chi connectivity index (χ1) is 8.95. The Balaban J connectivity index is 2.18. The minimum atomic E-state index is -0.493. The van der Waals surface area contributed by atoms with Gasteiger partial charge in [-0.05, 0) is 26.0 Å². The summed E-state index contributed by atoms with van der Waals surface area (Å²) in [5.41, 5.74) is 0.563. The highest BCUT2D eigenvalue weighted by Gasteiger charge is 2.31. The fourth-order valence-electron chi connectivity index (χ4n) is 2.38. The summed E-state index contributed by atoms with van der Waals surface area (Å²) in [6, 6.07) is 5.52. The lowest BCUT2D eigenvalue weighted by molar-refractivity contribution is -0.0312. The third kappa shape index (κ3) is 3.19. The van der Waals surface area contributed by atoms with E-state index in [2.05, 4.69) is 0 Å². The van der Waals surface area contributed by atoms with Crippen molar-refractivity contribution in [2.24, 2.45) is 0 Å². The molecule has 106 valence electrons. The quantitative estimate of drug-likeness (QED) is 0.910. The molecule has 0 saturated carbocycles. The van der Waals surface area contributed by atoms with Gasteiger partial charge in [0.1, 0.15) is 17.6 Å². The van der Waals surface area contributed by atoms with Crippen LogP contribution in [0.1, 0.15) is 38.4 Å². The molecule has 0 radical (unpaired) electrons. The zero-order valence-corrected chi connectivity index (χ0v) is 12.0. The van der Waals surface area contributed by atoms with Gasteiger partial charge < -0.3 is 19.3 Å². The molecular weight excluding hydrogens is 244 g/mol. The molecule has 1 aliphatic heterocycles. The van der Waals surface area contributed by atoms with E-state index in [9.17, 15) is 5.11 Å². The summed E-state index contributed by atoms with van der Waals surface area (Å²) < 4.78 is 16.6. The normalized spacial score (nSPS) is 22.6. The zero-order chi connectivity index (χ0) is 14.0. The van der Waals surface area contributed by atoms with Crippen molar-refractivity contribution in [2.75, 3.05) is 14.2 Å². The number of methoxy groups -OCH3 is 2. The van der Waals surface area contributed by atoms with E-state index in [1.54, 1.807) is 14.2 Å². The Kier molecular flexibility index (Phi) is 4.02. The monoisotopic (exact) mass is 266 g/mol. The standard InChI is InChI=1S/C15H22O4/c1-15(2,18-4)9-11-7-13(16)12-6-5-10(17-3)8-14(12)19-11/h5-6,8,11,13,16H,7,9H2,1-4H3. The van der Waals surface area contributed by atoms with Crippen molar-refractivity contribution >= 4 is 0 Å². The van der Waals surface area contributed by atoms with Crippen LogP contribution in [0.4, 0.5) is 0 Å². The van der Waals surface area contributed by atoms with E-state index < -0.39 is 6.10 Å². The van der Waals surface area contributed by atoms with Gasteiger partial charge in [0.2, 0.25) is 0 Å². The van der Waals surface area contributed by atoms with E-state index in [0.717, 1.165) is 17.7 Å². The molecule has 1 aromatic rings. The van der Waals surface area contributed by atoms with Crippen LogP contribution in [0.25, 0.3) is 0 Å². The van der Waals surface area contributed by atoms with E-state index in [0.29, 0.717) is 12.2 Å². The second-order valence-electron chi connectivity index (χ2n) is 5.56. The predicted octanol–water partition coefficient (Wildman–Crippen LogP) is 2.69. The summed E-state index contributed by atoms with van der Waals surface area (Å²) in [5.74, 6) is 1.44. The number of hydrogen-bond acceptors (Lipinski definition) is 4. The van der Waals surface area contributed by atoms with Gasteiger partial charge in [0.25, 0.3) is 0 Å². The molecule has 2 rings (SSSR count). The Labute approximate surface area is 114 Å². The van der Waals surface area contributed by atoms with E-state index in [1.165, 1.54) is 0 Å². The highest BCUT2D eigenvalue weighted by atomic mass is 16.5. The van der Waals surface area contributed by atoms with Crippen LogP contribution < -0.4 is 9.47 Å². The summed E-state index contributed by atoms with van der Waals surface area (Å²) >= 11 is 0. The summed E-state index contributed by atoms with van der Waals surface area (Å²) in [6.07, 6.45) is 0.778. The lowest BCUT2D eigenvalue weighted by Gasteiger charge is -2.34. The molecule has 0 saturated heterocycles. The van der Waals surface area contributed by atoms with Gasteiger partial charge in [0.15, 0.2) is 0 Å². The number of fused-ring (bicyclic) bond motifs is 1. The molecule has 1 aliphatic rings. The molecule has 1 heterocycles. The maximum Gasteiger partial charge on any atom is 0.129 e. The van der Waals surface area contributed by atoms with E-state index in [-0.39, 0.29) is 11.7 Å². The van der Waals surface area contributed by atoms with Crippen LogP contribution in [0, 0.1) is 0 Å². The summed E-state index contributed by atoms with van der Waals surface area (Å²) in [5, 5.41) is 10.2. The topological polar surface area (TPSA) is 47.9 Å². The summed E-state index contributed by atoms with van der Waals surface area (Å²) in [4.78, 5) is 0. The van der Waals surface area contributed by atoms with E-state index >= 15 is 0 Å². The SMILES string of the molecule is COc1ccc2c(c1)OC(CC(C)(C)OC)CC2O. The fraction of sp³-hybridized carbons (Fsp3) is 0.600. The first kappa shape index (κ1) is 14.2. The number of benzene rings is 1. The first-order valence-electron chi connectivity index (χ1n) is 6.53. The van der Waals surface area contributed by atoms with Gasteiger partial charge in [0, 0.05) is 31.6 Å². The van der Waals surface area contributed by atoms with Gasteiger partial charge in [-0.1, -0.05) is 0 Å². The molecule has 4 heteroatoms. The van der Waals surface area contributed by atoms with Crippen LogP contribution in [0.15, 0.2) is 18.2 Å². The minimum absolute atomic E-state index is 0.0513. The molecule has 0 aliphatic carbocycles. The number of hydrogen-bond donors (Lipinski definition) is 1. The highest BCUT2D eigenvalue weighted by molar-refractivity contribution is 5.43. The molecule has 0 amide bonds. The lowest BCUT2D eigenvalue weighted by atomic mass is 9.92. The van der Waals surface area contributed by atoms with Crippen LogP contribution in [0.5, 0.6) is 11.5 Å². The molecule has 2 unspecified atom stereocenters. The molecule has 0 fully saturated rings. The molecule has 0 aromatic heterocycles. The average Bonchev–Trinajstić information content (AvgIpc) is 2.37. The second-order valence-corrected chi connectivity index (χ2v) is 5.56. The molecule has 1 aromatic carbocycles. The Morgan fingerprint density at radius 3 is 2.74 bits per heavy atom. The Morgan fingerprint density at radius 1 is 1.37 bits per heavy atom. The van der Waals surface area contributed by atoms with Crippen molar-refractivity contribution in [1.29, 1.82) is 0 Å². The van der Waals surface area contributed by atoms with Crippen molar-refractivity contribution in [3.05, 3.63) is 23.8 Å². The highest BCUT2D eigenvalue weighted by Crippen LogP contribution is 2.39. The minimum Gasteiger partial charge on any atom is -0.497 e. The number of ether oxygens (including phenoxy) is 3. The molecule has 4 nitrogen and oxygen atoms in total. The van der Waals surface area contributed by atoms with Gasteiger partial charge in [-0.2, -0.15) is 0 Å². The fourth-order valence-corrected chi connectivity index (χ4v) is 2.38. The van der Waals surface area contributed by atoms with Crippen LogP contribution in [-0.4, -0.2) is 31.0 Å². The predicted molar refractivity (Wildman–Crippen MR) is 72.7 cm³/mol. The lowest BCUT2D eigenvalue weighted by Crippen LogP contribution is -2.35. The van der Waals surface area contributed by atoms with E-state index in [4.69, 9.17) is 14.2 Å². The second kappa shape index (κ2) is 5.39. The van der Waals surface area contributed by atoms with Crippen molar-refractivity contribution in [2.45, 2.75) is 44.5 Å². The zero-order valence-electron chi connectivity index (χ0n) is 12.0. The molecule has 2 atom stereocenters. The van der Waals surface area contributed by atoms with E-state index in [1.807, 2.05) is 32.0 Å². The molecule has 19 heavy (non-hydrogen) atoms. The Bertz CT molecular complexity index is 442. The summed E-state index contributed by atoms with van der Waals surface area (Å²) in [6.45, 7) is 4.04. The Hall–Kier alpha value is -1.26. The van der Waals surface area contributed by atoms with Gasteiger partial charge in [-0.3, -0.25) is 0 Å². The van der Waals surface area contributed by atoms with Crippen LogP contribution in [0.2, 0.25) is 0 Å². The molecular formula is C15H22O4. The molecule has 0 bridgehead atoms. The average molecular weight is 266 g/mol. The van der Waals surface area contributed by atoms with Gasteiger partial charge in [-0.25, -0.2) is 0 Å². The van der Waals surface area contributed by atoms with Crippen molar-refractivity contribution in [3.8, 4) is 11.5 Å². The third-order valence-electron chi connectivity index (χ3n) is 3.63. The first-order valence-corrected chi connectivity index (χ1v) is 6.53. The van der Waals surface area contributed by atoms with Crippen LogP contribution >= 0.6 is 0 Å². The van der Waals surface area contributed by atoms with Crippen LogP contribution in [-0.2, 0) is 4.74 Å². The largest absolute Gasteiger partial charge is 0.497 e. The third-order valence-corrected chi connectivity index (χ3v) is 3.63. The Morgan fingerprint density at radius 2 is 2.11 bits per heavy atom. The van der Waals surface area contributed by atoms with Crippen LogP contribution in [0.3, 0.4) is 0 Å². The molecule has 0 spiro atoms. The number of aliphatic hydroxyl groups is 1. The summed E-state index contributed by atoms with van der Waals surface area (Å²) in [7, 11) is 3.31. The van der Waals surface area contributed by atoms with Gasteiger partial charge in [0.05, 0.1) is 18.8 Å². The molecule has 1 N–H and O–H groups in total. The number of rotatable bonds is 4. The van der Waals surface area contributed by atoms with Crippen molar-refractivity contribution < 1.29 is 19.3 Å². The maximum absolute atomic E-state index is 10.2. The van der Waals surface area contributed by atoms with Crippen molar-refractivity contribution in [1.82, 2.24) is 0 Å². The van der Waals surface area contributed by atoms with Gasteiger partial charge in [-0.15, -0.1) is 0 Å². The maximum atomic E-state index is 10.2.